The minimum atomic E-state index is 0.201. The Labute approximate surface area is 161 Å². The quantitative estimate of drug-likeness (QED) is 0.568. The van der Waals surface area contributed by atoms with Crippen LogP contribution in [0.25, 0.3) is 5.69 Å². The first-order valence-electron chi connectivity index (χ1n) is 9.04. The van der Waals surface area contributed by atoms with Crippen molar-refractivity contribution in [2.24, 2.45) is 0 Å². The molecule has 1 fully saturated rings. The van der Waals surface area contributed by atoms with Gasteiger partial charge in [-0.25, -0.2) is 0 Å². The van der Waals surface area contributed by atoms with Crippen LogP contribution in [-0.2, 0) is 0 Å². The van der Waals surface area contributed by atoms with Crippen LogP contribution in [-0.4, -0.2) is 14.8 Å². The van der Waals surface area contributed by atoms with Crippen LogP contribution in [0.4, 0.5) is 0 Å². The maximum Gasteiger partial charge on any atom is 0.202 e. The largest absolute Gasteiger partial charge is 0.494 e. The molecule has 3 aromatic rings. The maximum absolute atomic E-state index is 11.0. The van der Waals surface area contributed by atoms with Gasteiger partial charge in [0.15, 0.2) is 0 Å². The van der Waals surface area contributed by atoms with Crippen LogP contribution < -0.4 is 0 Å². The summed E-state index contributed by atoms with van der Waals surface area (Å²) >= 11 is 3.51. The molecule has 26 heavy (non-hydrogen) atoms. The summed E-state index contributed by atoms with van der Waals surface area (Å²) in [7, 11) is 0. The number of halogens is 1. The van der Waals surface area contributed by atoms with E-state index in [4.69, 9.17) is 0 Å². The van der Waals surface area contributed by atoms with E-state index >= 15 is 0 Å². The van der Waals surface area contributed by atoms with Gasteiger partial charge < -0.3 is 10.2 Å². The summed E-state index contributed by atoms with van der Waals surface area (Å²) < 4.78 is 2.63. The van der Waals surface area contributed by atoms with Gasteiger partial charge >= 0.3 is 0 Å². The van der Waals surface area contributed by atoms with Crippen LogP contribution in [0.1, 0.15) is 52.8 Å². The van der Waals surface area contributed by atoms with Crippen LogP contribution in [0.3, 0.4) is 0 Å². The molecule has 2 aromatic carbocycles. The predicted octanol–water partition coefficient (Wildman–Crippen LogP) is 5.72. The molecular formula is C22H20BrNO2. The van der Waals surface area contributed by atoms with E-state index in [1.54, 1.807) is 4.57 Å². The highest BCUT2D eigenvalue weighted by atomic mass is 79.9. The van der Waals surface area contributed by atoms with E-state index in [0.717, 1.165) is 39.7 Å². The fourth-order valence-electron chi connectivity index (χ4n) is 5.02. The Morgan fingerprint density at radius 2 is 1.62 bits per heavy atom. The van der Waals surface area contributed by atoms with Gasteiger partial charge in [0.1, 0.15) is 0 Å². The molecule has 2 aliphatic rings. The summed E-state index contributed by atoms with van der Waals surface area (Å²) in [6, 6.07) is 16.4. The Kier molecular flexibility index (Phi) is 3.48. The van der Waals surface area contributed by atoms with Crippen molar-refractivity contribution in [3.8, 4) is 17.4 Å². The fourth-order valence-corrected chi connectivity index (χ4v) is 5.27. The summed E-state index contributed by atoms with van der Waals surface area (Å²) in [4.78, 5) is 0. The Hall–Kier alpha value is -2.20. The second-order valence-electron chi connectivity index (χ2n) is 7.54. The van der Waals surface area contributed by atoms with E-state index in [-0.39, 0.29) is 17.7 Å². The molecule has 5 rings (SSSR count). The monoisotopic (exact) mass is 409 g/mol. The predicted molar refractivity (Wildman–Crippen MR) is 105 cm³/mol. The van der Waals surface area contributed by atoms with Gasteiger partial charge in [-0.3, -0.25) is 4.57 Å². The second kappa shape index (κ2) is 5.65. The van der Waals surface area contributed by atoms with Crippen LogP contribution in [0, 0.1) is 6.92 Å². The minimum absolute atomic E-state index is 0.201. The van der Waals surface area contributed by atoms with Crippen LogP contribution in [0.2, 0.25) is 0 Å². The Balaban J connectivity index is 1.63. The Bertz CT molecular complexity index is 1010. The van der Waals surface area contributed by atoms with Gasteiger partial charge in [-0.15, -0.1) is 0 Å². The van der Waals surface area contributed by atoms with Gasteiger partial charge in [-0.05, 0) is 66.8 Å². The summed E-state index contributed by atoms with van der Waals surface area (Å²) in [5, 5.41) is 21.9. The molecule has 1 saturated carbocycles. The van der Waals surface area contributed by atoms with Gasteiger partial charge in [0.05, 0.1) is 5.69 Å². The lowest BCUT2D eigenvalue weighted by atomic mass is 9.81. The van der Waals surface area contributed by atoms with Gasteiger partial charge in [-0.1, -0.05) is 46.3 Å². The molecular weight excluding hydrogens is 390 g/mol. The molecule has 132 valence electrons. The van der Waals surface area contributed by atoms with Crippen LogP contribution >= 0.6 is 15.9 Å². The van der Waals surface area contributed by atoms with Crippen molar-refractivity contribution >= 4 is 15.9 Å². The van der Waals surface area contributed by atoms with Gasteiger partial charge in [0.2, 0.25) is 11.8 Å². The first-order chi connectivity index (χ1) is 12.6. The summed E-state index contributed by atoms with van der Waals surface area (Å²) in [5.74, 6) is 1.43. The number of rotatable bonds is 2. The third-order valence-electron chi connectivity index (χ3n) is 6.16. The summed E-state index contributed by atoms with van der Waals surface area (Å²) in [6.45, 7) is 2.01. The first-order valence-corrected chi connectivity index (χ1v) is 9.83. The molecule has 1 heterocycles. The van der Waals surface area contributed by atoms with Crippen LogP contribution in [0.5, 0.6) is 11.8 Å². The zero-order valence-corrected chi connectivity index (χ0v) is 16.1. The molecule has 2 N–H and O–H groups in total. The highest BCUT2D eigenvalue weighted by molar-refractivity contribution is 9.10. The van der Waals surface area contributed by atoms with E-state index in [2.05, 4.69) is 40.2 Å². The van der Waals surface area contributed by atoms with Crippen LogP contribution in [0.15, 0.2) is 53.0 Å². The molecule has 0 spiro atoms. The lowest BCUT2D eigenvalue weighted by Gasteiger charge is -2.22. The van der Waals surface area contributed by atoms with E-state index in [9.17, 15) is 10.2 Å². The normalized spacial score (nSPS) is 23.4. The molecule has 3 nitrogen and oxygen atoms in total. The number of hydrogen-bond donors (Lipinski definition) is 2. The zero-order chi connectivity index (χ0) is 18.0. The van der Waals surface area contributed by atoms with Crippen molar-refractivity contribution in [2.75, 3.05) is 0 Å². The van der Waals surface area contributed by atoms with Gasteiger partial charge in [0, 0.05) is 15.6 Å². The third-order valence-corrected chi connectivity index (χ3v) is 7.05. The van der Waals surface area contributed by atoms with Crippen molar-refractivity contribution in [1.82, 2.24) is 4.57 Å². The SMILES string of the molecule is Cc1cc(-n2c(O)c3c(c2O)[C@@H]2C[C@H]3C[C@H]2c2ccccc2)ccc1Br. The van der Waals surface area contributed by atoms with Crippen molar-refractivity contribution in [3.63, 3.8) is 0 Å². The molecule has 3 atom stereocenters. The zero-order valence-electron chi connectivity index (χ0n) is 14.5. The molecule has 0 saturated heterocycles. The van der Waals surface area contributed by atoms with Crippen molar-refractivity contribution in [1.29, 1.82) is 0 Å². The third kappa shape index (κ3) is 2.11. The first kappa shape index (κ1) is 16.0. The van der Waals surface area contributed by atoms with Gasteiger partial charge in [-0.2, -0.15) is 0 Å². The summed E-state index contributed by atoms with van der Waals surface area (Å²) in [6.07, 6.45) is 2.06. The molecule has 0 unspecified atom stereocenters. The molecule has 0 amide bonds. The summed E-state index contributed by atoms with van der Waals surface area (Å²) in [5.41, 5.74) is 5.11. The van der Waals surface area contributed by atoms with Gasteiger partial charge in [0.25, 0.3) is 0 Å². The molecule has 0 radical (unpaired) electrons. The lowest BCUT2D eigenvalue weighted by Crippen LogP contribution is -2.07. The maximum atomic E-state index is 11.0. The van der Waals surface area contributed by atoms with E-state index in [0.29, 0.717) is 11.8 Å². The standard InChI is InChI=1S/C22H20BrNO2/c1-12-9-15(7-8-18(12)23)24-21(25)19-14-10-16(13-5-3-2-4-6-13)17(11-14)20(19)22(24)26/h2-9,14,16-17,25-26H,10-11H2,1H3/t14-,16+,17-/m1/s1. The molecule has 1 aromatic heterocycles. The number of benzene rings is 2. The minimum Gasteiger partial charge on any atom is -0.494 e. The average Bonchev–Trinajstić information content (AvgIpc) is 3.30. The number of aromatic nitrogens is 1. The highest BCUT2D eigenvalue weighted by Gasteiger charge is 2.49. The Morgan fingerprint density at radius 1 is 0.923 bits per heavy atom. The molecule has 4 heteroatoms. The molecule has 2 aliphatic carbocycles. The topological polar surface area (TPSA) is 45.4 Å². The number of aromatic hydroxyl groups is 2. The molecule has 0 aliphatic heterocycles. The smallest absolute Gasteiger partial charge is 0.202 e. The van der Waals surface area contributed by atoms with Crippen molar-refractivity contribution < 1.29 is 10.2 Å². The second-order valence-corrected chi connectivity index (χ2v) is 8.39. The number of aryl methyl sites for hydroxylation is 1. The molecule has 2 bridgehead atoms. The van der Waals surface area contributed by atoms with Crippen molar-refractivity contribution in [2.45, 2.75) is 37.5 Å². The lowest BCUT2D eigenvalue weighted by molar-refractivity contribution is 0.394. The van der Waals surface area contributed by atoms with E-state index in [1.165, 1.54) is 5.56 Å². The Morgan fingerprint density at radius 3 is 2.35 bits per heavy atom. The number of fused-ring (bicyclic) bond motifs is 5. The van der Waals surface area contributed by atoms with E-state index in [1.807, 2.05) is 31.2 Å². The highest BCUT2D eigenvalue weighted by Crippen LogP contribution is 2.65. The fraction of sp³-hybridized carbons (Fsp3) is 0.273. The van der Waals surface area contributed by atoms with Crippen molar-refractivity contribution in [3.05, 3.63) is 75.3 Å². The number of nitrogens with zero attached hydrogens (tertiary/aromatic N) is 1. The average molecular weight is 410 g/mol. The number of hydrogen-bond acceptors (Lipinski definition) is 2. The van der Waals surface area contributed by atoms with E-state index < -0.39 is 0 Å².